The predicted molar refractivity (Wildman–Crippen MR) is 153 cm³/mol. The smallest absolute Gasteiger partial charge is 0.258 e. The Balaban J connectivity index is 1.65. The topological polar surface area (TPSA) is 86.6 Å². The highest BCUT2D eigenvalue weighted by atomic mass is 19.1. The van der Waals surface area contributed by atoms with E-state index in [9.17, 15) is 14.7 Å². The first-order valence-electron chi connectivity index (χ1n) is 13.9. The first-order valence-corrected chi connectivity index (χ1v) is 13.9. The van der Waals surface area contributed by atoms with Gasteiger partial charge < -0.3 is 20.3 Å². The number of nitrogens with zero attached hydrogens (tertiary/aromatic N) is 2. The minimum atomic E-state index is -0.455. The summed E-state index contributed by atoms with van der Waals surface area (Å²) in [5, 5.41) is 17.6. The molecular weight excluding hydrogens is 495 g/mol. The minimum absolute atomic E-state index is 0.0331. The van der Waals surface area contributed by atoms with Gasteiger partial charge in [-0.05, 0) is 78.6 Å². The standard InChI is InChI=1S/C31H39FN4O3/c1-19-25(14-22(15-28(19)32)29(38)34-23-6-7-23)21-5-8-24-26(13-21)27(20(2)35-11-9-33-10-12-35)16-36(30(24)39)17-31(3,4)18-37/h5,8,13-16,20,23,33,37H,6-7,9-12,17-18H2,1-4H3,(H,34,38)/t20-/m0/s1. The first kappa shape index (κ1) is 27.5. The summed E-state index contributed by atoms with van der Waals surface area (Å²) in [4.78, 5) is 28.8. The fraction of sp³-hybridized carbons (Fsp3) is 0.484. The van der Waals surface area contributed by atoms with Crippen LogP contribution in [0.25, 0.3) is 21.9 Å². The molecule has 1 amide bonds. The minimum Gasteiger partial charge on any atom is -0.396 e. The molecule has 5 rings (SSSR count). The number of pyridine rings is 1. The number of amides is 1. The van der Waals surface area contributed by atoms with Crippen molar-refractivity contribution >= 4 is 16.7 Å². The highest BCUT2D eigenvalue weighted by Crippen LogP contribution is 2.34. The van der Waals surface area contributed by atoms with Gasteiger partial charge in [-0.3, -0.25) is 14.5 Å². The maximum atomic E-state index is 15.0. The molecule has 2 aromatic carbocycles. The van der Waals surface area contributed by atoms with Gasteiger partial charge >= 0.3 is 0 Å². The van der Waals surface area contributed by atoms with Crippen LogP contribution in [0.2, 0.25) is 0 Å². The summed E-state index contributed by atoms with van der Waals surface area (Å²) < 4.78 is 16.8. The average Bonchev–Trinajstić information content (AvgIpc) is 3.75. The number of fused-ring (bicyclic) bond motifs is 1. The Kier molecular flexibility index (Phi) is 7.64. The van der Waals surface area contributed by atoms with Crippen LogP contribution in [-0.2, 0) is 6.54 Å². The third-order valence-corrected chi connectivity index (χ3v) is 8.12. The molecule has 7 nitrogen and oxygen atoms in total. The lowest BCUT2D eigenvalue weighted by Crippen LogP contribution is -2.44. The molecular formula is C31H39FN4O3. The van der Waals surface area contributed by atoms with Crippen molar-refractivity contribution in [1.29, 1.82) is 0 Å². The summed E-state index contributed by atoms with van der Waals surface area (Å²) in [6.07, 6.45) is 3.85. The van der Waals surface area contributed by atoms with Crippen LogP contribution in [0, 0.1) is 18.2 Å². The zero-order valence-corrected chi connectivity index (χ0v) is 23.3. The molecule has 3 aromatic rings. The number of hydrogen-bond donors (Lipinski definition) is 3. The maximum Gasteiger partial charge on any atom is 0.258 e. The predicted octanol–water partition coefficient (Wildman–Crippen LogP) is 3.99. The summed E-state index contributed by atoms with van der Waals surface area (Å²) in [5.41, 5.74) is 2.62. The zero-order valence-electron chi connectivity index (χ0n) is 23.3. The maximum absolute atomic E-state index is 15.0. The normalized spacial score (nSPS) is 17.4. The van der Waals surface area contributed by atoms with Crippen molar-refractivity contribution in [2.24, 2.45) is 5.41 Å². The Morgan fingerprint density at radius 1 is 1.18 bits per heavy atom. The van der Waals surface area contributed by atoms with Crippen LogP contribution < -0.4 is 16.2 Å². The van der Waals surface area contributed by atoms with Crippen LogP contribution >= 0.6 is 0 Å². The van der Waals surface area contributed by atoms with Crippen molar-refractivity contribution in [2.75, 3.05) is 32.8 Å². The molecule has 208 valence electrons. The second kappa shape index (κ2) is 10.8. The molecule has 0 unspecified atom stereocenters. The molecule has 0 radical (unpaired) electrons. The van der Waals surface area contributed by atoms with Crippen molar-refractivity contribution < 1.29 is 14.3 Å². The monoisotopic (exact) mass is 534 g/mol. The van der Waals surface area contributed by atoms with Crippen LogP contribution in [0.15, 0.2) is 41.3 Å². The lowest BCUT2D eigenvalue weighted by molar-refractivity contribution is 0.0950. The molecule has 1 saturated carbocycles. The lowest BCUT2D eigenvalue weighted by atomic mass is 9.92. The molecule has 1 saturated heterocycles. The Labute approximate surface area is 229 Å². The van der Waals surface area contributed by atoms with Crippen LogP contribution in [0.5, 0.6) is 0 Å². The lowest BCUT2D eigenvalue weighted by Gasteiger charge is -2.34. The fourth-order valence-corrected chi connectivity index (χ4v) is 5.42. The van der Waals surface area contributed by atoms with E-state index in [-0.39, 0.29) is 30.2 Å². The van der Waals surface area contributed by atoms with Gasteiger partial charge in [0.05, 0.1) is 0 Å². The molecule has 0 bridgehead atoms. The number of aromatic nitrogens is 1. The molecule has 1 aliphatic heterocycles. The van der Waals surface area contributed by atoms with Gasteiger partial charge in [-0.1, -0.05) is 19.9 Å². The fourth-order valence-electron chi connectivity index (χ4n) is 5.42. The van der Waals surface area contributed by atoms with Gasteiger partial charge in [-0.2, -0.15) is 0 Å². The first-order chi connectivity index (χ1) is 18.6. The molecule has 2 aliphatic rings. The number of benzene rings is 2. The van der Waals surface area contributed by atoms with Gasteiger partial charge in [0.25, 0.3) is 11.5 Å². The molecule has 1 atom stereocenters. The van der Waals surface area contributed by atoms with E-state index in [2.05, 4.69) is 22.5 Å². The third kappa shape index (κ3) is 5.78. The van der Waals surface area contributed by atoms with Crippen LogP contribution in [0.4, 0.5) is 4.39 Å². The number of hydrogen-bond acceptors (Lipinski definition) is 5. The molecule has 8 heteroatoms. The molecule has 39 heavy (non-hydrogen) atoms. The van der Waals surface area contributed by atoms with Gasteiger partial charge in [0.15, 0.2) is 0 Å². The zero-order chi connectivity index (χ0) is 27.9. The number of carbonyl (C=O) groups excluding carboxylic acids is 1. The van der Waals surface area contributed by atoms with Crippen LogP contribution in [0.1, 0.15) is 61.1 Å². The number of halogens is 1. The number of carbonyl (C=O) groups is 1. The van der Waals surface area contributed by atoms with Crippen LogP contribution in [-0.4, -0.2) is 59.3 Å². The molecule has 1 aliphatic carbocycles. The van der Waals surface area contributed by atoms with Gasteiger partial charge in [0.1, 0.15) is 5.82 Å². The number of nitrogens with one attached hydrogen (secondary N) is 2. The third-order valence-electron chi connectivity index (χ3n) is 8.12. The summed E-state index contributed by atoms with van der Waals surface area (Å²) >= 11 is 0. The van der Waals surface area contributed by atoms with E-state index in [0.29, 0.717) is 28.6 Å². The van der Waals surface area contributed by atoms with E-state index in [1.54, 1.807) is 17.6 Å². The van der Waals surface area contributed by atoms with Crippen molar-refractivity contribution in [1.82, 2.24) is 20.1 Å². The van der Waals surface area contributed by atoms with E-state index in [0.717, 1.165) is 55.5 Å². The van der Waals surface area contributed by atoms with Crippen molar-refractivity contribution in [3.63, 3.8) is 0 Å². The Bertz CT molecular complexity index is 1450. The van der Waals surface area contributed by atoms with Gasteiger partial charge in [-0.25, -0.2) is 4.39 Å². The van der Waals surface area contributed by atoms with E-state index in [4.69, 9.17) is 0 Å². The highest BCUT2D eigenvalue weighted by Gasteiger charge is 2.26. The molecule has 2 fully saturated rings. The van der Waals surface area contributed by atoms with Gasteiger partial charge in [0, 0.05) is 74.0 Å². The Morgan fingerprint density at radius 3 is 2.56 bits per heavy atom. The number of aliphatic hydroxyl groups is 1. The average molecular weight is 535 g/mol. The number of aliphatic hydroxyl groups excluding tert-OH is 1. The van der Waals surface area contributed by atoms with E-state index in [1.165, 1.54) is 6.07 Å². The van der Waals surface area contributed by atoms with Crippen molar-refractivity contribution in [2.45, 2.75) is 59.2 Å². The SMILES string of the molecule is Cc1c(F)cc(C(=O)NC2CC2)cc1-c1ccc2c(=O)n(CC(C)(C)CO)cc([C@H](C)N3CCNCC3)c2c1. The molecule has 0 spiro atoms. The largest absolute Gasteiger partial charge is 0.396 e. The van der Waals surface area contributed by atoms with Gasteiger partial charge in [0.2, 0.25) is 0 Å². The summed E-state index contributed by atoms with van der Waals surface area (Å²) in [6, 6.07) is 8.91. The molecule has 1 aromatic heterocycles. The van der Waals surface area contributed by atoms with E-state index in [1.807, 2.05) is 38.2 Å². The molecule has 2 heterocycles. The Hall–Kier alpha value is -3.07. The van der Waals surface area contributed by atoms with E-state index >= 15 is 4.39 Å². The van der Waals surface area contributed by atoms with Gasteiger partial charge in [-0.15, -0.1) is 0 Å². The summed E-state index contributed by atoms with van der Waals surface area (Å²) in [6.45, 7) is 11.7. The summed E-state index contributed by atoms with van der Waals surface area (Å²) in [5.74, 6) is -0.689. The van der Waals surface area contributed by atoms with Crippen LogP contribution in [0.3, 0.4) is 0 Å². The molecule has 3 N–H and O–H groups in total. The second-order valence-corrected chi connectivity index (χ2v) is 11.9. The van der Waals surface area contributed by atoms with Crippen molar-refractivity contribution in [3.8, 4) is 11.1 Å². The number of piperazine rings is 1. The van der Waals surface area contributed by atoms with Crippen molar-refractivity contribution in [3.05, 3.63) is 69.4 Å². The second-order valence-electron chi connectivity index (χ2n) is 11.9. The van der Waals surface area contributed by atoms with E-state index < -0.39 is 11.2 Å². The summed E-state index contributed by atoms with van der Waals surface area (Å²) in [7, 11) is 0. The Morgan fingerprint density at radius 2 is 1.90 bits per heavy atom. The highest BCUT2D eigenvalue weighted by molar-refractivity contribution is 5.97. The quantitative estimate of drug-likeness (QED) is 0.407. The number of rotatable bonds is 8.